The number of hydrogen-bond donors (Lipinski definition) is 0. The van der Waals surface area contributed by atoms with E-state index < -0.39 is 26.5 Å². The molecular weight excluding hydrogens is 822 g/mol. The lowest BCUT2D eigenvalue weighted by Crippen LogP contribution is -2.37. The van der Waals surface area contributed by atoms with E-state index in [-0.39, 0.29) is 32.0 Å². The zero-order chi connectivity index (χ0) is 47.1. The molecule has 0 spiro atoms. The summed E-state index contributed by atoms with van der Waals surface area (Å²) in [5.41, 5.74) is 0. The van der Waals surface area contributed by atoms with E-state index in [1.54, 1.807) is 0 Å². The lowest BCUT2D eigenvalue weighted by Gasteiger charge is -2.28. The number of allylic oxidation sites excluding steroid dienone is 10. The number of hydrogen-bond acceptors (Lipinski definition) is 8. The van der Waals surface area contributed by atoms with Gasteiger partial charge in [-0.05, 0) is 77.0 Å². The van der Waals surface area contributed by atoms with Crippen LogP contribution in [0.2, 0.25) is 0 Å². The number of likely N-dealkylation sites (N-methyl/N-ethyl adjacent to an activating group) is 1. The zero-order valence-electron chi connectivity index (χ0n) is 42.0. The number of phosphoric acid groups is 1. The summed E-state index contributed by atoms with van der Waals surface area (Å²) >= 11 is 0. The first kappa shape index (κ1) is 61.7. The number of esters is 2. The monoisotopic (exact) mass is 920 g/mol. The number of carbonyl (C=O) groups is 2. The summed E-state index contributed by atoms with van der Waals surface area (Å²) in [6, 6.07) is 0. The Morgan fingerprint density at radius 1 is 0.500 bits per heavy atom. The topological polar surface area (TPSA) is 111 Å². The van der Waals surface area contributed by atoms with Crippen LogP contribution in [-0.4, -0.2) is 70.0 Å². The van der Waals surface area contributed by atoms with Crippen molar-refractivity contribution < 1.29 is 42.1 Å². The van der Waals surface area contributed by atoms with Crippen molar-refractivity contribution in [2.24, 2.45) is 0 Å². The average Bonchev–Trinajstić information content (AvgIpc) is 3.25. The van der Waals surface area contributed by atoms with Crippen molar-refractivity contribution in [3.05, 3.63) is 60.8 Å². The standard InChI is InChI=1S/C54H98NO8P/c1-6-8-10-12-14-16-18-20-22-23-24-25-26-27-28-29-30-31-33-34-36-38-40-42-44-46-53(56)60-50-52(51-62-64(58,59)61-49-48-55(3,4)5)63-54(57)47-45-43-41-39-37-35-32-21-19-17-15-13-11-9-7-2/h9,11,15,17-18,20-21,23-24,32,52H,6-8,10,12-14,16,19,22,25-31,33-51H2,1-5H3/b11-9-,17-15-,20-18-,24-23-,32-21-. The van der Waals surface area contributed by atoms with E-state index in [0.29, 0.717) is 17.4 Å². The van der Waals surface area contributed by atoms with Gasteiger partial charge in [0.1, 0.15) is 19.8 Å². The molecule has 10 heteroatoms. The molecule has 0 saturated carbocycles. The minimum atomic E-state index is -4.64. The first-order valence-corrected chi connectivity index (χ1v) is 27.5. The fraction of sp³-hybridized carbons (Fsp3) is 0.778. The first-order valence-electron chi connectivity index (χ1n) is 26.0. The molecule has 0 amide bonds. The molecule has 0 aromatic rings. The quantitative estimate of drug-likeness (QED) is 0.0195. The van der Waals surface area contributed by atoms with Gasteiger partial charge in [-0.1, -0.05) is 190 Å². The zero-order valence-corrected chi connectivity index (χ0v) is 42.9. The number of phosphoric ester groups is 1. The molecule has 372 valence electrons. The van der Waals surface area contributed by atoms with Crippen LogP contribution in [0, 0.1) is 0 Å². The molecule has 0 rings (SSSR count). The van der Waals surface area contributed by atoms with E-state index in [2.05, 4.69) is 74.6 Å². The Morgan fingerprint density at radius 3 is 1.33 bits per heavy atom. The van der Waals surface area contributed by atoms with Gasteiger partial charge in [-0.25, -0.2) is 0 Å². The van der Waals surface area contributed by atoms with Crippen molar-refractivity contribution in [1.29, 1.82) is 0 Å². The SMILES string of the molecule is CC/C=C\C/C=C\C/C=C\CCCCCCCC(=O)OC(COC(=O)CCCCCCCCCCCCCCC/C=C\C/C=C\CCCCCCC)COP(=O)([O-])OCC[N+](C)(C)C. The third-order valence-electron chi connectivity index (χ3n) is 11.0. The molecule has 9 nitrogen and oxygen atoms in total. The van der Waals surface area contributed by atoms with E-state index >= 15 is 0 Å². The molecule has 64 heavy (non-hydrogen) atoms. The van der Waals surface area contributed by atoms with Crippen LogP contribution in [0.1, 0.15) is 219 Å². The number of quaternary nitrogens is 1. The van der Waals surface area contributed by atoms with Crippen molar-refractivity contribution >= 4 is 19.8 Å². The van der Waals surface area contributed by atoms with E-state index in [0.717, 1.165) is 77.0 Å². The largest absolute Gasteiger partial charge is 0.756 e. The molecule has 2 unspecified atom stereocenters. The number of rotatable bonds is 47. The van der Waals surface area contributed by atoms with Gasteiger partial charge < -0.3 is 27.9 Å². The third kappa shape index (κ3) is 49.2. The van der Waals surface area contributed by atoms with Gasteiger partial charge in [-0.15, -0.1) is 0 Å². The van der Waals surface area contributed by atoms with E-state index in [1.807, 2.05) is 21.1 Å². The summed E-state index contributed by atoms with van der Waals surface area (Å²) in [6.07, 6.45) is 56.9. The maximum absolute atomic E-state index is 12.7. The summed E-state index contributed by atoms with van der Waals surface area (Å²) in [4.78, 5) is 37.7. The Morgan fingerprint density at radius 2 is 0.891 bits per heavy atom. The van der Waals surface area contributed by atoms with Crippen LogP contribution in [0.4, 0.5) is 0 Å². The molecule has 0 aliphatic carbocycles. The molecule has 0 aliphatic heterocycles. The molecule has 0 aromatic carbocycles. The minimum absolute atomic E-state index is 0.0363. The van der Waals surface area contributed by atoms with Gasteiger partial charge in [0, 0.05) is 12.8 Å². The molecule has 2 atom stereocenters. The lowest BCUT2D eigenvalue weighted by atomic mass is 10.0. The highest BCUT2D eigenvalue weighted by Gasteiger charge is 2.21. The third-order valence-corrected chi connectivity index (χ3v) is 12.0. The molecule has 0 fully saturated rings. The van der Waals surface area contributed by atoms with Crippen LogP contribution >= 0.6 is 7.82 Å². The molecule has 0 heterocycles. The number of nitrogens with zero attached hydrogens (tertiary/aromatic N) is 1. The van der Waals surface area contributed by atoms with Crippen molar-refractivity contribution in [3.63, 3.8) is 0 Å². The van der Waals surface area contributed by atoms with Gasteiger partial charge in [-0.3, -0.25) is 14.2 Å². The molecule has 0 aliphatic rings. The molecule has 0 aromatic heterocycles. The van der Waals surface area contributed by atoms with Gasteiger partial charge in [0.15, 0.2) is 6.10 Å². The number of ether oxygens (including phenoxy) is 2. The fourth-order valence-corrected chi connectivity index (χ4v) is 7.72. The normalized spacial score (nSPS) is 13.9. The number of carbonyl (C=O) groups excluding carboxylic acids is 2. The summed E-state index contributed by atoms with van der Waals surface area (Å²) < 4.78 is 34.0. The van der Waals surface area contributed by atoms with Crippen LogP contribution in [-0.2, 0) is 32.7 Å². The second-order valence-corrected chi connectivity index (χ2v) is 19.9. The van der Waals surface area contributed by atoms with Crippen molar-refractivity contribution in [2.45, 2.75) is 225 Å². The van der Waals surface area contributed by atoms with Gasteiger partial charge in [0.25, 0.3) is 7.82 Å². The second-order valence-electron chi connectivity index (χ2n) is 18.5. The first-order chi connectivity index (χ1) is 31.0. The summed E-state index contributed by atoms with van der Waals surface area (Å²) in [7, 11) is 1.15. The van der Waals surface area contributed by atoms with Crippen molar-refractivity contribution in [2.75, 3.05) is 47.5 Å². The van der Waals surface area contributed by atoms with Gasteiger partial charge in [-0.2, -0.15) is 0 Å². The van der Waals surface area contributed by atoms with Gasteiger partial charge in [0.2, 0.25) is 0 Å². The Balaban J connectivity index is 4.19. The average molecular weight is 920 g/mol. The Bertz CT molecular complexity index is 1270. The predicted octanol–water partition coefficient (Wildman–Crippen LogP) is 15.0. The molecule has 0 N–H and O–H groups in total. The van der Waals surface area contributed by atoms with Crippen LogP contribution in [0.25, 0.3) is 0 Å². The Hall–Kier alpha value is -2.29. The smallest absolute Gasteiger partial charge is 0.306 e. The summed E-state index contributed by atoms with van der Waals surface area (Å²) in [5, 5.41) is 0. The highest BCUT2D eigenvalue weighted by atomic mass is 31.2. The molecule has 0 bridgehead atoms. The molecular formula is C54H98NO8P. The highest BCUT2D eigenvalue weighted by Crippen LogP contribution is 2.38. The Labute approximate surface area is 394 Å². The Kier molecular flexibility index (Phi) is 44.2. The lowest BCUT2D eigenvalue weighted by molar-refractivity contribution is -0.870. The highest BCUT2D eigenvalue weighted by molar-refractivity contribution is 7.45. The van der Waals surface area contributed by atoms with Crippen molar-refractivity contribution in [1.82, 2.24) is 0 Å². The van der Waals surface area contributed by atoms with Crippen molar-refractivity contribution in [3.8, 4) is 0 Å². The van der Waals surface area contributed by atoms with Gasteiger partial charge >= 0.3 is 11.9 Å². The summed E-state index contributed by atoms with van der Waals surface area (Å²) in [5.74, 6) is -0.853. The second kappa shape index (κ2) is 45.8. The maximum atomic E-state index is 12.7. The van der Waals surface area contributed by atoms with Crippen LogP contribution in [0.15, 0.2) is 60.8 Å². The maximum Gasteiger partial charge on any atom is 0.306 e. The van der Waals surface area contributed by atoms with Crippen LogP contribution in [0.3, 0.4) is 0 Å². The predicted molar refractivity (Wildman–Crippen MR) is 268 cm³/mol. The van der Waals surface area contributed by atoms with Crippen LogP contribution < -0.4 is 4.89 Å². The fourth-order valence-electron chi connectivity index (χ4n) is 6.99. The molecule has 0 radical (unpaired) electrons. The molecule has 0 saturated heterocycles. The van der Waals surface area contributed by atoms with Gasteiger partial charge in [0.05, 0.1) is 27.7 Å². The van der Waals surface area contributed by atoms with E-state index in [4.69, 9.17) is 18.5 Å². The minimum Gasteiger partial charge on any atom is -0.756 e. The van der Waals surface area contributed by atoms with E-state index in [9.17, 15) is 19.0 Å². The van der Waals surface area contributed by atoms with Crippen LogP contribution in [0.5, 0.6) is 0 Å². The summed E-state index contributed by atoms with van der Waals surface area (Å²) in [6.45, 7) is 4.10. The number of unbranched alkanes of at least 4 members (excludes halogenated alkanes) is 23. The van der Waals surface area contributed by atoms with E-state index in [1.165, 1.54) is 109 Å².